The minimum atomic E-state index is 0.710. The number of hydrogen-bond acceptors (Lipinski definition) is 1. The normalized spacial score (nSPS) is 10.3. The Morgan fingerprint density at radius 2 is 2.36 bits per heavy atom. The molecule has 0 bridgehead atoms. The molecule has 2 aromatic rings. The number of aromatic nitrogens is 2. The van der Waals surface area contributed by atoms with E-state index in [0.29, 0.717) is 5.46 Å². The van der Waals surface area contributed by atoms with Gasteiger partial charge in [-0.1, -0.05) is 17.8 Å². The van der Waals surface area contributed by atoms with Gasteiger partial charge in [-0.25, -0.2) is 4.52 Å². The molecule has 2 aromatic heterocycles. The van der Waals surface area contributed by atoms with Crippen LogP contribution in [0.4, 0.5) is 0 Å². The first-order valence-electron chi connectivity index (χ1n) is 4.40. The van der Waals surface area contributed by atoms with Gasteiger partial charge in [0.25, 0.3) is 0 Å². The molecule has 2 rings (SSSR count). The Morgan fingerprint density at radius 1 is 1.50 bits per heavy atom. The predicted octanol–water partition coefficient (Wildman–Crippen LogP) is -0.965. The molecular weight excluding hydrogens is 167 g/mol. The number of pyridine rings is 1. The molecule has 6 heteroatoms. The summed E-state index contributed by atoms with van der Waals surface area (Å²) in [5.41, 5.74) is 2.91. The van der Waals surface area contributed by atoms with Gasteiger partial charge in [0.1, 0.15) is 7.85 Å². The monoisotopic (exact) mass is 174 g/mol. The van der Waals surface area contributed by atoms with Crippen molar-refractivity contribution in [1.29, 1.82) is 0 Å². The minimum absolute atomic E-state index is 0.710. The third-order valence-electron chi connectivity index (χ3n) is 2.09. The molecule has 2 nitrogen and oxygen atoms in total. The summed E-state index contributed by atoms with van der Waals surface area (Å²) in [6.45, 7) is 0. The summed E-state index contributed by atoms with van der Waals surface area (Å²) in [6, 6.07) is 3.90. The van der Waals surface area contributed by atoms with Crippen molar-refractivity contribution >= 4 is 40.8 Å². The van der Waals surface area contributed by atoms with Crippen LogP contribution in [0.5, 0.6) is 0 Å². The molecule has 0 saturated carbocycles. The Morgan fingerprint density at radius 3 is 3.14 bits per heavy atom. The van der Waals surface area contributed by atoms with Crippen molar-refractivity contribution in [1.82, 2.24) is 9.61 Å². The van der Waals surface area contributed by atoms with E-state index in [4.69, 9.17) is 15.6 Å². The zero-order valence-corrected chi connectivity index (χ0v) is 7.72. The lowest BCUT2D eigenvalue weighted by atomic mass is 9.27. The molecule has 0 aliphatic carbocycles. The number of hydrogen-bond donors (Lipinski definition) is 0. The second-order valence-electron chi connectivity index (χ2n) is 3.09. The van der Waals surface area contributed by atoms with Gasteiger partial charge in [0.2, 0.25) is 0 Å². The molecule has 0 spiro atoms. The van der Waals surface area contributed by atoms with Gasteiger partial charge in [-0.3, -0.25) is 0 Å². The molecule has 60 valence electrons. The summed E-state index contributed by atoms with van der Waals surface area (Å²) >= 11 is 0. The lowest BCUT2D eigenvalue weighted by Gasteiger charge is -2.04. The lowest BCUT2D eigenvalue weighted by molar-refractivity contribution is 0.960. The number of nitrogens with zero attached hydrogens (tertiary/aromatic N) is 2. The molecule has 0 saturated heterocycles. The quantitative estimate of drug-likeness (QED) is 0.546. The fraction of sp³-hybridized carbons (Fsp3) is 0.125. The summed E-state index contributed by atoms with van der Waals surface area (Å²) in [5, 5.41) is 4.13. The Hall–Kier alpha value is -1.05. The Bertz CT molecular complexity index is 440. The molecule has 0 amide bonds. The first-order valence-corrected chi connectivity index (χ1v) is 4.40. The Balaban J connectivity index is 2.44. The Kier molecular flexibility index (Phi) is 2.71. The maximum Gasteiger partial charge on any atom is 0.115 e. The third-order valence-corrected chi connectivity index (χ3v) is 2.09. The number of rotatable bonds is 3. The second-order valence-corrected chi connectivity index (χ2v) is 3.09. The molecular formula is C8H6B4N2. The van der Waals surface area contributed by atoms with Crippen molar-refractivity contribution in [3.63, 3.8) is 0 Å². The molecule has 0 atom stereocenters. The standard InChI is InChI=1S/C8H6B4N2/c9-7-3-6(4-11-12-10)8-1-2-13-14(8)5-7/h1-3,5H,4H2. The van der Waals surface area contributed by atoms with Gasteiger partial charge >= 0.3 is 0 Å². The molecule has 0 aliphatic rings. The Labute approximate surface area is 87.3 Å². The molecule has 0 N–H and O–H groups in total. The number of fused-ring (bicyclic) bond motifs is 1. The van der Waals surface area contributed by atoms with Crippen molar-refractivity contribution < 1.29 is 0 Å². The lowest BCUT2D eigenvalue weighted by Crippen LogP contribution is -2.13. The van der Waals surface area contributed by atoms with E-state index in [1.54, 1.807) is 16.9 Å². The fourth-order valence-corrected chi connectivity index (χ4v) is 1.48. The van der Waals surface area contributed by atoms with Crippen LogP contribution in [0.15, 0.2) is 24.5 Å². The third kappa shape index (κ3) is 1.74. The van der Waals surface area contributed by atoms with Crippen molar-refractivity contribution in [2.45, 2.75) is 6.32 Å². The second kappa shape index (κ2) is 3.99. The van der Waals surface area contributed by atoms with Crippen LogP contribution in [0.25, 0.3) is 5.52 Å². The summed E-state index contributed by atoms with van der Waals surface area (Å²) in [7, 11) is 14.5. The largest absolute Gasteiger partial charge is 0.241 e. The van der Waals surface area contributed by atoms with E-state index in [2.05, 4.69) is 5.10 Å². The zero-order valence-electron chi connectivity index (χ0n) is 7.72. The van der Waals surface area contributed by atoms with Gasteiger partial charge < -0.3 is 0 Å². The highest BCUT2D eigenvalue weighted by atomic mass is 15.2. The summed E-state index contributed by atoms with van der Waals surface area (Å²) in [4.78, 5) is 0. The summed E-state index contributed by atoms with van der Waals surface area (Å²) in [5.74, 6) is 0. The maximum absolute atomic E-state index is 5.74. The first-order chi connectivity index (χ1) is 6.81. The first kappa shape index (κ1) is 9.50. The molecule has 6 radical (unpaired) electrons. The SMILES string of the molecule is [B][B][B]Cc1cc([B])cn2nccc12. The average Bonchev–Trinajstić information content (AvgIpc) is 2.61. The van der Waals surface area contributed by atoms with Crippen LogP contribution in [0.2, 0.25) is 0 Å². The van der Waals surface area contributed by atoms with Crippen LogP contribution in [0.3, 0.4) is 0 Å². The van der Waals surface area contributed by atoms with E-state index in [1.807, 2.05) is 19.3 Å². The average molecular weight is 173 g/mol. The molecule has 2 heterocycles. The van der Waals surface area contributed by atoms with Crippen LogP contribution in [0, 0.1) is 0 Å². The maximum atomic E-state index is 5.74. The highest BCUT2D eigenvalue weighted by molar-refractivity contribution is 7.23. The van der Waals surface area contributed by atoms with E-state index in [1.165, 1.54) is 7.06 Å². The van der Waals surface area contributed by atoms with E-state index in [-0.39, 0.29) is 0 Å². The highest BCUT2D eigenvalue weighted by Gasteiger charge is 2.02. The van der Waals surface area contributed by atoms with Gasteiger partial charge in [-0.15, -0.1) is 0 Å². The van der Waals surface area contributed by atoms with Crippen LogP contribution < -0.4 is 5.46 Å². The van der Waals surface area contributed by atoms with Gasteiger partial charge in [-0.2, -0.15) is 5.10 Å². The molecule has 0 unspecified atom stereocenters. The van der Waals surface area contributed by atoms with Gasteiger partial charge in [0.05, 0.1) is 12.7 Å². The summed E-state index contributed by atoms with van der Waals surface area (Å²) < 4.78 is 1.77. The van der Waals surface area contributed by atoms with Gasteiger partial charge in [0.15, 0.2) is 0 Å². The van der Waals surface area contributed by atoms with E-state index in [0.717, 1.165) is 17.4 Å². The zero-order chi connectivity index (χ0) is 9.97. The van der Waals surface area contributed by atoms with Crippen LogP contribution >= 0.6 is 0 Å². The minimum Gasteiger partial charge on any atom is -0.241 e. The smallest absolute Gasteiger partial charge is 0.115 e. The van der Waals surface area contributed by atoms with Crippen molar-refractivity contribution in [3.8, 4) is 0 Å². The van der Waals surface area contributed by atoms with Crippen molar-refractivity contribution in [3.05, 3.63) is 30.1 Å². The van der Waals surface area contributed by atoms with E-state index >= 15 is 0 Å². The topological polar surface area (TPSA) is 17.3 Å². The van der Waals surface area contributed by atoms with E-state index in [9.17, 15) is 0 Å². The molecule has 0 aromatic carbocycles. The highest BCUT2D eigenvalue weighted by Crippen LogP contribution is 2.08. The van der Waals surface area contributed by atoms with Crippen LogP contribution in [0.1, 0.15) is 5.56 Å². The molecule has 0 aliphatic heterocycles. The van der Waals surface area contributed by atoms with Gasteiger partial charge in [-0.05, 0) is 11.6 Å². The summed E-state index contributed by atoms with van der Waals surface area (Å²) in [6.07, 6.45) is 4.33. The van der Waals surface area contributed by atoms with Crippen LogP contribution in [-0.4, -0.2) is 39.4 Å². The molecule has 14 heavy (non-hydrogen) atoms. The van der Waals surface area contributed by atoms with E-state index < -0.39 is 0 Å². The van der Waals surface area contributed by atoms with Crippen molar-refractivity contribution in [2.24, 2.45) is 0 Å². The predicted molar refractivity (Wildman–Crippen MR) is 61.5 cm³/mol. The van der Waals surface area contributed by atoms with Crippen LogP contribution in [-0.2, 0) is 6.32 Å². The van der Waals surface area contributed by atoms with Gasteiger partial charge in [0, 0.05) is 27.2 Å². The fourth-order valence-electron chi connectivity index (χ4n) is 1.48. The molecule has 0 fully saturated rings. The van der Waals surface area contributed by atoms with Crippen molar-refractivity contribution in [2.75, 3.05) is 0 Å².